The van der Waals surface area contributed by atoms with E-state index in [0.29, 0.717) is 21.4 Å². The van der Waals surface area contributed by atoms with Crippen LogP contribution in [0.15, 0.2) is 42.5 Å². The van der Waals surface area contributed by atoms with Gasteiger partial charge in [0.1, 0.15) is 18.4 Å². The molecular weight excluding hydrogens is 435 g/mol. The van der Waals surface area contributed by atoms with Crippen molar-refractivity contribution in [1.29, 1.82) is 0 Å². The minimum absolute atomic E-state index is 0.0102. The molecule has 0 saturated carbocycles. The van der Waals surface area contributed by atoms with Crippen LogP contribution in [0, 0.1) is 0 Å². The Kier molecular flexibility index (Phi) is 6.49. The maximum Gasteiger partial charge on any atom is 0.244 e. The Balaban J connectivity index is 1.59. The van der Waals surface area contributed by atoms with Crippen LogP contribution in [0.25, 0.3) is 22.4 Å². The zero-order chi connectivity index (χ0) is 22.0. The first-order valence-corrected chi connectivity index (χ1v) is 11.2. The Bertz CT molecular complexity index is 1120. The van der Waals surface area contributed by atoms with Crippen molar-refractivity contribution in [2.24, 2.45) is 0 Å². The summed E-state index contributed by atoms with van der Waals surface area (Å²) in [7, 11) is 0. The van der Waals surface area contributed by atoms with Gasteiger partial charge in [-0.3, -0.25) is 9.59 Å². The molecular formula is C23H24Cl2N4O2. The molecule has 162 valence electrons. The number of nitrogens with zero attached hydrogens (tertiary/aromatic N) is 3. The molecule has 0 aliphatic carbocycles. The zero-order valence-electron chi connectivity index (χ0n) is 17.3. The fraction of sp³-hybridized carbons (Fsp3) is 0.348. The summed E-state index contributed by atoms with van der Waals surface area (Å²) < 4.78 is 1.81. The van der Waals surface area contributed by atoms with Gasteiger partial charge >= 0.3 is 0 Å². The molecule has 1 N–H and O–H groups in total. The maximum atomic E-state index is 12.9. The molecule has 1 aromatic heterocycles. The fourth-order valence-electron chi connectivity index (χ4n) is 4.00. The molecule has 2 aromatic carbocycles. The molecule has 3 aromatic rings. The number of hydrogen-bond acceptors (Lipinski definition) is 3. The number of nitrogens with one attached hydrogen (secondary N) is 1. The Hall–Kier alpha value is -2.57. The molecule has 0 radical (unpaired) electrons. The van der Waals surface area contributed by atoms with Crippen LogP contribution < -0.4 is 5.32 Å². The molecule has 0 bridgehead atoms. The highest BCUT2D eigenvalue weighted by atomic mass is 35.5. The van der Waals surface area contributed by atoms with Crippen molar-refractivity contribution < 1.29 is 9.59 Å². The van der Waals surface area contributed by atoms with Crippen LogP contribution in [0.5, 0.6) is 0 Å². The largest absolute Gasteiger partial charge is 0.343 e. The second-order valence-corrected chi connectivity index (χ2v) is 8.57. The van der Waals surface area contributed by atoms with Crippen LogP contribution >= 0.6 is 23.2 Å². The number of halogens is 2. The SMILES string of the molecule is CC(NC(=O)Cn1c(-c2cccc(Cl)c2Cl)nc2ccccc21)C(=O)N1CCCCC1. The predicted octanol–water partition coefficient (Wildman–Crippen LogP) is 4.53. The first kappa shape index (κ1) is 21.7. The summed E-state index contributed by atoms with van der Waals surface area (Å²) in [4.78, 5) is 32.1. The average Bonchev–Trinajstić information content (AvgIpc) is 3.13. The van der Waals surface area contributed by atoms with E-state index in [4.69, 9.17) is 28.2 Å². The molecule has 1 fully saturated rings. The second-order valence-electron chi connectivity index (χ2n) is 7.79. The van der Waals surface area contributed by atoms with E-state index in [2.05, 4.69) is 5.32 Å². The molecule has 2 amide bonds. The van der Waals surface area contributed by atoms with Crippen molar-refractivity contribution in [2.45, 2.75) is 38.8 Å². The van der Waals surface area contributed by atoms with E-state index in [1.807, 2.05) is 35.2 Å². The van der Waals surface area contributed by atoms with Gasteiger partial charge in [-0.25, -0.2) is 4.98 Å². The van der Waals surface area contributed by atoms with Gasteiger partial charge in [-0.15, -0.1) is 0 Å². The molecule has 1 saturated heterocycles. The molecule has 6 nitrogen and oxygen atoms in total. The van der Waals surface area contributed by atoms with Gasteiger partial charge in [0.2, 0.25) is 11.8 Å². The number of likely N-dealkylation sites (tertiary alicyclic amines) is 1. The van der Waals surface area contributed by atoms with Crippen LogP contribution in [0.4, 0.5) is 0 Å². The number of fused-ring (bicyclic) bond motifs is 1. The number of piperidine rings is 1. The third-order valence-corrected chi connectivity index (χ3v) is 6.38. The topological polar surface area (TPSA) is 67.2 Å². The van der Waals surface area contributed by atoms with Crippen LogP contribution in [0.3, 0.4) is 0 Å². The number of aromatic nitrogens is 2. The Morgan fingerprint density at radius 3 is 2.58 bits per heavy atom. The van der Waals surface area contributed by atoms with Gasteiger partial charge in [0.05, 0.1) is 21.1 Å². The quantitative estimate of drug-likeness (QED) is 0.610. The summed E-state index contributed by atoms with van der Waals surface area (Å²) in [5.74, 6) is 0.251. The van der Waals surface area contributed by atoms with E-state index in [1.165, 1.54) is 0 Å². The molecule has 31 heavy (non-hydrogen) atoms. The molecule has 1 atom stereocenters. The number of para-hydroxylation sites is 2. The van der Waals surface area contributed by atoms with E-state index in [9.17, 15) is 9.59 Å². The Morgan fingerprint density at radius 1 is 1.06 bits per heavy atom. The molecule has 8 heteroatoms. The van der Waals surface area contributed by atoms with Gasteiger partial charge in [0.15, 0.2) is 0 Å². The summed E-state index contributed by atoms with van der Waals surface area (Å²) in [6.45, 7) is 3.25. The van der Waals surface area contributed by atoms with Crippen LogP contribution in [-0.2, 0) is 16.1 Å². The smallest absolute Gasteiger partial charge is 0.244 e. The number of hydrogen-bond donors (Lipinski definition) is 1. The van der Waals surface area contributed by atoms with Crippen molar-refractivity contribution in [3.63, 3.8) is 0 Å². The van der Waals surface area contributed by atoms with Crippen molar-refractivity contribution in [3.05, 3.63) is 52.5 Å². The first-order chi connectivity index (χ1) is 15.0. The average molecular weight is 459 g/mol. The summed E-state index contributed by atoms with van der Waals surface area (Å²) in [5, 5.41) is 3.65. The number of rotatable bonds is 5. The van der Waals surface area contributed by atoms with Gasteiger partial charge in [0.25, 0.3) is 0 Å². The molecule has 1 aliphatic heterocycles. The molecule has 1 unspecified atom stereocenters. The predicted molar refractivity (Wildman–Crippen MR) is 123 cm³/mol. The number of amides is 2. The van der Waals surface area contributed by atoms with Crippen molar-refractivity contribution >= 4 is 46.0 Å². The van der Waals surface area contributed by atoms with E-state index >= 15 is 0 Å². The minimum atomic E-state index is -0.585. The third kappa shape index (κ3) is 4.55. The number of imidazole rings is 1. The monoisotopic (exact) mass is 458 g/mol. The third-order valence-electron chi connectivity index (χ3n) is 5.56. The maximum absolute atomic E-state index is 12.9. The molecule has 1 aliphatic rings. The minimum Gasteiger partial charge on any atom is -0.343 e. The van der Waals surface area contributed by atoms with Gasteiger partial charge in [-0.05, 0) is 50.5 Å². The highest BCUT2D eigenvalue weighted by Crippen LogP contribution is 2.34. The van der Waals surface area contributed by atoms with Gasteiger partial charge in [-0.1, -0.05) is 41.4 Å². The van der Waals surface area contributed by atoms with E-state index in [-0.39, 0.29) is 18.4 Å². The highest BCUT2D eigenvalue weighted by Gasteiger charge is 2.24. The lowest BCUT2D eigenvalue weighted by atomic mass is 10.1. The van der Waals surface area contributed by atoms with Crippen LogP contribution in [-0.4, -0.2) is 45.4 Å². The van der Waals surface area contributed by atoms with Crippen molar-refractivity contribution in [3.8, 4) is 11.4 Å². The lowest BCUT2D eigenvalue weighted by Gasteiger charge is -2.29. The normalized spacial score (nSPS) is 15.1. The Labute approximate surface area is 191 Å². The van der Waals surface area contributed by atoms with Crippen molar-refractivity contribution in [1.82, 2.24) is 19.8 Å². The second kappa shape index (κ2) is 9.28. The lowest BCUT2D eigenvalue weighted by Crippen LogP contribution is -2.49. The van der Waals surface area contributed by atoms with E-state index in [0.717, 1.165) is 43.4 Å². The summed E-state index contributed by atoms with van der Waals surface area (Å²) in [5.41, 5.74) is 2.20. The fourth-order valence-corrected chi connectivity index (χ4v) is 4.38. The number of carbonyl (C=O) groups is 2. The lowest BCUT2D eigenvalue weighted by molar-refractivity contribution is -0.136. The Morgan fingerprint density at radius 2 is 1.81 bits per heavy atom. The van der Waals surface area contributed by atoms with Crippen LogP contribution in [0.2, 0.25) is 10.0 Å². The summed E-state index contributed by atoms with van der Waals surface area (Å²) in [6, 6.07) is 12.3. The van der Waals surface area contributed by atoms with Gasteiger partial charge in [0, 0.05) is 18.7 Å². The first-order valence-electron chi connectivity index (χ1n) is 10.4. The molecule has 4 rings (SSSR count). The molecule has 2 heterocycles. The molecule has 0 spiro atoms. The van der Waals surface area contributed by atoms with Gasteiger partial charge < -0.3 is 14.8 Å². The van der Waals surface area contributed by atoms with E-state index < -0.39 is 6.04 Å². The number of carbonyl (C=O) groups excluding carboxylic acids is 2. The standard InChI is InChI=1S/C23H24Cl2N4O2/c1-15(23(31)28-12-5-2-6-13-28)26-20(30)14-29-19-11-4-3-10-18(19)27-22(29)16-8-7-9-17(24)21(16)25/h3-4,7-11,15H,2,5-6,12-14H2,1H3,(H,26,30). The summed E-state index contributed by atoms with van der Waals surface area (Å²) in [6.07, 6.45) is 3.17. The van der Waals surface area contributed by atoms with Crippen molar-refractivity contribution in [2.75, 3.05) is 13.1 Å². The van der Waals surface area contributed by atoms with E-state index in [1.54, 1.807) is 23.6 Å². The van der Waals surface area contributed by atoms with Gasteiger partial charge in [-0.2, -0.15) is 0 Å². The summed E-state index contributed by atoms with van der Waals surface area (Å²) >= 11 is 12.6. The number of benzene rings is 2. The highest BCUT2D eigenvalue weighted by molar-refractivity contribution is 6.43. The van der Waals surface area contributed by atoms with Crippen LogP contribution in [0.1, 0.15) is 26.2 Å². The zero-order valence-corrected chi connectivity index (χ0v) is 18.8.